The first kappa shape index (κ1) is 12.0. The van der Waals surface area contributed by atoms with Crippen molar-refractivity contribution < 1.29 is 0 Å². The highest BCUT2D eigenvalue weighted by Crippen LogP contribution is 2.13. The van der Waals surface area contributed by atoms with Gasteiger partial charge >= 0.3 is 0 Å². The summed E-state index contributed by atoms with van der Waals surface area (Å²) >= 11 is 0. The molecule has 0 saturated carbocycles. The molecule has 0 aliphatic rings. The summed E-state index contributed by atoms with van der Waals surface area (Å²) in [5.41, 5.74) is 1.22. The summed E-state index contributed by atoms with van der Waals surface area (Å²) in [6.45, 7) is 5.28. The Hall–Kier alpha value is -1.09. The highest BCUT2D eigenvalue weighted by atomic mass is 15.2. The molecule has 0 aromatic carbocycles. The van der Waals surface area contributed by atoms with Crippen molar-refractivity contribution >= 4 is 5.82 Å². The molecule has 0 fully saturated rings. The number of hydrogen-bond acceptors (Lipinski definition) is 3. The molecule has 1 N–H and O–H groups in total. The van der Waals surface area contributed by atoms with Crippen molar-refractivity contribution in [1.82, 2.24) is 10.3 Å². The van der Waals surface area contributed by atoms with Gasteiger partial charge in [-0.2, -0.15) is 0 Å². The first-order valence-electron chi connectivity index (χ1n) is 5.51. The van der Waals surface area contributed by atoms with Crippen molar-refractivity contribution in [3.63, 3.8) is 0 Å². The Morgan fingerprint density at radius 3 is 2.67 bits per heavy atom. The van der Waals surface area contributed by atoms with Gasteiger partial charge < -0.3 is 10.2 Å². The summed E-state index contributed by atoms with van der Waals surface area (Å²) < 4.78 is 0. The smallest absolute Gasteiger partial charge is 0.128 e. The average Bonchev–Trinajstić information content (AvgIpc) is 2.28. The van der Waals surface area contributed by atoms with Crippen LogP contribution >= 0.6 is 0 Å². The predicted molar refractivity (Wildman–Crippen MR) is 65.2 cm³/mol. The van der Waals surface area contributed by atoms with Gasteiger partial charge in [-0.15, -0.1) is 0 Å². The lowest BCUT2D eigenvalue weighted by Gasteiger charge is -2.24. The van der Waals surface area contributed by atoms with E-state index in [1.165, 1.54) is 5.56 Å². The van der Waals surface area contributed by atoms with E-state index in [-0.39, 0.29) is 0 Å². The van der Waals surface area contributed by atoms with Crippen LogP contribution in [0.4, 0.5) is 5.82 Å². The SMILES string of the molecule is CCC(C)N(C)c1ccc(CNC)cn1. The molecule has 0 amide bonds. The monoisotopic (exact) mass is 207 g/mol. The number of aromatic nitrogens is 1. The molecule has 0 aliphatic heterocycles. The maximum atomic E-state index is 4.45. The lowest BCUT2D eigenvalue weighted by molar-refractivity contribution is 0.656. The van der Waals surface area contributed by atoms with Gasteiger partial charge in [-0.3, -0.25) is 0 Å². The highest BCUT2D eigenvalue weighted by molar-refractivity contribution is 5.39. The Morgan fingerprint density at radius 1 is 1.47 bits per heavy atom. The Morgan fingerprint density at radius 2 is 2.20 bits per heavy atom. The fourth-order valence-electron chi connectivity index (χ4n) is 1.43. The fourth-order valence-corrected chi connectivity index (χ4v) is 1.43. The van der Waals surface area contributed by atoms with Crippen LogP contribution in [0.2, 0.25) is 0 Å². The number of hydrogen-bond donors (Lipinski definition) is 1. The molecule has 1 unspecified atom stereocenters. The molecular weight excluding hydrogens is 186 g/mol. The van der Waals surface area contributed by atoms with E-state index in [1.54, 1.807) is 0 Å². The summed E-state index contributed by atoms with van der Waals surface area (Å²) in [4.78, 5) is 6.66. The maximum Gasteiger partial charge on any atom is 0.128 e. The summed E-state index contributed by atoms with van der Waals surface area (Å²) in [5.74, 6) is 1.05. The normalized spacial score (nSPS) is 12.5. The molecule has 1 aromatic heterocycles. The molecule has 1 aromatic rings. The van der Waals surface area contributed by atoms with Crippen LogP contribution in [0.25, 0.3) is 0 Å². The molecule has 0 spiro atoms. The van der Waals surface area contributed by atoms with Crippen molar-refractivity contribution in [2.24, 2.45) is 0 Å². The van der Waals surface area contributed by atoms with Crippen molar-refractivity contribution in [2.75, 3.05) is 19.0 Å². The van der Waals surface area contributed by atoms with Gasteiger partial charge in [0.15, 0.2) is 0 Å². The third kappa shape index (κ3) is 3.20. The maximum absolute atomic E-state index is 4.45. The second kappa shape index (κ2) is 5.71. The molecule has 1 heterocycles. The zero-order valence-corrected chi connectivity index (χ0v) is 10.1. The quantitative estimate of drug-likeness (QED) is 0.801. The molecule has 3 heteroatoms. The van der Waals surface area contributed by atoms with Gasteiger partial charge in [-0.05, 0) is 32.0 Å². The fraction of sp³-hybridized carbons (Fsp3) is 0.583. The Bertz CT molecular complexity index is 281. The van der Waals surface area contributed by atoms with E-state index in [9.17, 15) is 0 Å². The largest absolute Gasteiger partial charge is 0.357 e. The Kier molecular flexibility index (Phi) is 4.56. The molecule has 1 atom stereocenters. The van der Waals surface area contributed by atoms with E-state index in [2.05, 4.69) is 48.2 Å². The van der Waals surface area contributed by atoms with Crippen LogP contribution in [0.1, 0.15) is 25.8 Å². The van der Waals surface area contributed by atoms with Gasteiger partial charge in [0.1, 0.15) is 5.82 Å². The average molecular weight is 207 g/mol. The van der Waals surface area contributed by atoms with Gasteiger partial charge in [0.25, 0.3) is 0 Å². The number of rotatable bonds is 5. The standard InChI is InChI=1S/C12H21N3/c1-5-10(2)15(4)12-7-6-11(8-13-3)9-14-12/h6-7,9-10,13H,5,8H2,1-4H3. The van der Waals surface area contributed by atoms with Gasteiger partial charge in [-0.25, -0.2) is 4.98 Å². The minimum atomic E-state index is 0.535. The Labute approximate surface area is 92.5 Å². The molecule has 0 radical (unpaired) electrons. The highest BCUT2D eigenvalue weighted by Gasteiger charge is 2.08. The third-order valence-electron chi connectivity index (χ3n) is 2.80. The minimum Gasteiger partial charge on any atom is -0.357 e. The second-order valence-corrected chi connectivity index (χ2v) is 3.92. The van der Waals surface area contributed by atoms with Crippen LogP contribution in [0.15, 0.2) is 18.3 Å². The molecule has 3 nitrogen and oxygen atoms in total. The molecule has 0 bridgehead atoms. The van der Waals surface area contributed by atoms with Gasteiger partial charge in [0.05, 0.1) is 0 Å². The zero-order chi connectivity index (χ0) is 11.3. The molecule has 1 rings (SSSR count). The number of anilines is 1. The van der Waals surface area contributed by atoms with E-state index < -0.39 is 0 Å². The van der Waals surface area contributed by atoms with E-state index in [4.69, 9.17) is 0 Å². The minimum absolute atomic E-state index is 0.535. The topological polar surface area (TPSA) is 28.2 Å². The molecule has 15 heavy (non-hydrogen) atoms. The summed E-state index contributed by atoms with van der Waals surface area (Å²) in [7, 11) is 4.04. The Balaban J connectivity index is 2.70. The van der Waals surface area contributed by atoms with Gasteiger partial charge in [0.2, 0.25) is 0 Å². The van der Waals surface area contributed by atoms with Crippen LogP contribution in [0.3, 0.4) is 0 Å². The number of pyridine rings is 1. The molecule has 0 saturated heterocycles. The molecule has 0 aliphatic carbocycles. The van der Waals surface area contributed by atoms with Crippen molar-refractivity contribution in [2.45, 2.75) is 32.9 Å². The third-order valence-corrected chi connectivity index (χ3v) is 2.80. The van der Waals surface area contributed by atoms with E-state index in [0.29, 0.717) is 6.04 Å². The number of nitrogens with zero attached hydrogens (tertiary/aromatic N) is 2. The van der Waals surface area contributed by atoms with Gasteiger partial charge in [0, 0.05) is 25.8 Å². The van der Waals surface area contributed by atoms with Crippen molar-refractivity contribution in [3.05, 3.63) is 23.9 Å². The van der Waals surface area contributed by atoms with E-state index in [0.717, 1.165) is 18.8 Å². The lowest BCUT2D eigenvalue weighted by atomic mass is 10.2. The first-order valence-corrected chi connectivity index (χ1v) is 5.51. The van der Waals surface area contributed by atoms with Crippen molar-refractivity contribution in [3.8, 4) is 0 Å². The van der Waals surface area contributed by atoms with Crippen molar-refractivity contribution in [1.29, 1.82) is 0 Å². The molecular formula is C12H21N3. The summed E-state index contributed by atoms with van der Waals surface area (Å²) in [6.07, 6.45) is 3.07. The molecule has 84 valence electrons. The zero-order valence-electron chi connectivity index (χ0n) is 10.1. The van der Waals surface area contributed by atoms with Crippen LogP contribution in [0.5, 0.6) is 0 Å². The van der Waals surface area contributed by atoms with Crippen LogP contribution < -0.4 is 10.2 Å². The second-order valence-electron chi connectivity index (χ2n) is 3.92. The summed E-state index contributed by atoms with van der Waals surface area (Å²) in [5, 5.41) is 3.11. The van der Waals surface area contributed by atoms with Gasteiger partial charge in [-0.1, -0.05) is 13.0 Å². The van der Waals surface area contributed by atoms with E-state index in [1.807, 2.05) is 13.2 Å². The van der Waals surface area contributed by atoms with Crippen LogP contribution in [0, 0.1) is 0 Å². The summed E-state index contributed by atoms with van der Waals surface area (Å²) in [6, 6.07) is 4.74. The first-order chi connectivity index (χ1) is 7.19. The van der Waals surface area contributed by atoms with Crippen LogP contribution in [-0.2, 0) is 6.54 Å². The van der Waals surface area contributed by atoms with E-state index >= 15 is 0 Å². The number of nitrogens with one attached hydrogen (secondary N) is 1. The van der Waals surface area contributed by atoms with Crippen LogP contribution in [-0.4, -0.2) is 25.1 Å². The predicted octanol–water partition coefficient (Wildman–Crippen LogP) is 2.04. The lowest BCUT2D eigenvalue weighted by Crippen LogP contribution is -2.28.